The van der Waals surface area contributed by atoms with Crippen molar-refractivity contribution < 1.29 is 14.6 Å². The normalized spacial score (nSPS) is 14.7. The van der Waals surface area contributed by atoms with Gasteiger partial charge in [-0.3, -0.25) is 4.57 Å². The minimum atomic E-state index is -2.95. The standard InChI is InChI=1S/C10H13O3P/c1-8(10(11)14(12)13)7-9-5-3-2-4-6-9/h2-6,11,14H,7H2,1H3,(H,12,13). The van der Waals surface area contributed by atoms with Gasteiger partial charge in [0.25, 0.3) is 8.03 Å². The Bertz CT molecular complexity index is 357. The number of hydrogen-bond donors (Lipinski definition) is 2. The molecule has 0 spiro atoms. The third-order valence-electron chi connectivity index (χ3n) is 1.92. The molecule has 0 aliphatic carbocycles. The van der Waals surface area contributed by atoms with Crippen LogP contribution in [0, 0.1) is 0 Å². The van der Waals surface area contributed by atoms with E-state index in [1.165, 1.54) is 0 Å². The number of rotatable bonds is 3. The van der Waals surface area contributed by atoms with E-state index in [1.807, 2.05) is 30.3 Å². The van der Waals surface area contributed by atoms with Gasteiger partial charge in [-0.05, 0) is 24.5 Å². The van der Waals surface area contributed by atoms with E-state index >= 15 is 0 Å². The van der Waals surface area contributed by atoms with Crippen LogP contribution < -0.4 is 0 Å². The van der Waals surface area contributed by atoms with Gasteiger partial charge in [-0.25, -0.2) is 0 Å². The number of hydrogen-bond acceptors (Lipinski definition) is 2. The second-order valence-corrected chi connectivity index (χ2v) is 4.18. The quantitative estimate of drug-likeness (QED) is 0.597. The molecule has 0 radical (unpaired) electrons. The third-order valence-corrected chi connectivity index (χ3v) is 2.75. The van der Waals surface area contributed by atoms with Crippen molar-refractivity contribution in [3.05, 3.63) is 47.0 Å². The second kappa shape index (κ2) is 4.99. The van der Waals surface area contributed by atoms with Crippen LogP contribution in [0.4, 0.5) is 0 Å². The Morgan fingerprint density at radius 3 is 2.43 bits per heavy atom. The van der Waals surface area contributed by atoms with Gasteiger partial charge in [-0.1, -0.05) is 30.3 Å². The minimum absolute atomic E-state index is 0.376. The molecule has 0 aliphatic rings. The molecule has 0 aliphatic heterocycles. The number of allylic oxidation sites excluding steroid dienone is 1. The molecule has 0 saturated heterocycles. The Morgan fingerprint density at radius 2 is 1.93 bits per heavy atom. The maximum absolute atomic E-state index is 10.6. The predicted octanol–water partition coefficient (Wildman–Crippen LogP) is 2.49. The van der Waals surface area contributed by atoms with E-state index in [4.69, 9.17) is 4.89 Å². The molecular weight excluding hydrogens is 199 g/mol. The van der Waals surface area contributed by atoms with Gasteiger partial charge in [-0.15, -0.1) is 0 Å². The van der Waals surface area contributed by atoms with Gasteiger partial charge in [0, 0.05) is 0 Å². The Kier molecular flexibility index (Phi) is 3.93. The van der Waals surface area contributed by atoms with Crippen LogP contribution in [0.3, 0.4) is 0 Å². The Labute approximate surface area is 83.6 Å². The van der Waals surface area contributed by atoms with Gasteiger partial charge in [-0.2, -0.15) is 0 Å². The van der Waals surface area contributed by atoms with Crippen molar-refractivity contribution in [1.82, 2.24) is 0 Å². The zero-order valence-electron chi connectivity index (χ0n) is 7.90. The van der Waals surface area contributed by atoms with Crippen LogP contribution in [-0.4, -0.2) is 10.00 Å². The van der Waals surface area contributed by atoms with E-state index in [0.717, 1.165) is 5.56 Å². The molecule has 0 saturated carbocycles. The number of benzene rings is 1. The molecule has 1 unspecified atom stereocenters. The van der Waals surface area contributed by atoms with Gasteiger partial charge in [0.1, 0.15) is 0 Å². The van der Waals surface area contributed by atoms with Crippen molar-refractivity contribution in [2.75, 3.05) is 0 Å². The highest BCUT2D eigenvalue weighted by molar-refractivity contribution is 7.42. The summed E-state index contributed by atoms with van der Waals surface area (Å²) in [4.78, 5) is 8.71. The molecule has 0 fully saturated rings. The second-order valence-electron chi connectivity index (χ2n) is 3.10. The van der Waals surface area contributed by atoms with E-state index < -0.39 is 8.03 Å². The van der Waals surface area contributed by atoms with Crippen molar-refractivity contribution in [3.63, 3.8) is 0 Å². The molecule has 0 aromatic heterocycles. The summed E-state index contributed by atoms with van der Waals surface area (Å²) in [6.45, 7) is 1.65. The number of aliphatic hydroxyl groups excluding tert-OH is 1. The summed E-state index contributed by atoms with van der Waals surface area (Å²) in [5, 5.41) is 9.22. The van der Waals surface area contributed by atoms with Crippen molar-refractivity contribution in [2.24, 2.45) is 0 Å². The fourth-order valence-electron chi connectivity index (χ4n) is 1.17. The fraction of sp³-hybridized carbons (Fsp3) is 0.200. The maximum atomic E-state index is 10.6. The molecule has 14 heavy (non-hydrogen) atoms. The van der Waals surface area contributed by atoms with Crippen molar-refractivity contribution >= 4 is 8.03 Å². The highest BCUT2D eigenvalue weighted by atomic mass is 31.1. The molecule has 1 aromatic carbocycles. The third kappa shape index (κ3) is 3.02. The van der Waals surface area contributed by atoms with Crippen molar-refractivity contribution in [2.45, 2.75) is 13.3 Å². The van der Waals surface area contributed by atoms with Crippen LogP contribution >= 0.6 is 8.03 Å². The summed E-state index contributed by atoms with van der Waals surface area (Å²) in [7, 11) is -2.95. The molecule has 1 rings (SSSR count). The van der Waals surface area contributed by atoms with E-state index in [-0.39, 0.29) is 5.50 Å². The highest BCUT2D eigenvalue weighted by Crippen LogP contribution is 2.28. The molecule has 3 nitrogen and oxygen atoms in total. The van der Waals surface area contributed by atoms with E-state index in [2.05, 4.69) is 0 Å². The van der Waals surface area contributed by atoms with Gasteiger partial charge >= 0.3 is 0 Å². The lowest BCUT2D eigenvalue weighted by Crippen LogP contribution is -1.89. The number of aliphatic hydroxyl groups is 1. The molecule has 1 aromatic rings. The molecule has 0 amide bonds. The average molecular weight is 212 g/mol. The summed E-state index contributed by atoms with van der Waals surface area (Å²) < 4.78 is 10.6. The summed E-state index contributed by atoms with van der Waals surface area (Å²) in [6.07, 6.45) is 0.504. The van der Waals surface area contributed by atoms with Gasteiger partial charge in [0.2, 0.25) is 0 Å². The van der Waals surface area contributed by atoms with Crippen LogP contribution in [-0.2, 0) is 11.0 Å². The molecule has 0 heterocycles. The van der Waals surface area contributed by atoms with Crippen molar-refractivity contribution in [3.8, 4) is 0 Å². The van der Waals surface area contributed by atoms with E-state index in [1.54, 1.807) is 6.92 Å². The SMILES string of the molecule is CC(Cc1ccccc1)=C(O)[PH](=O)O. The summed E-state index contributed by atoms with van der Waals surface area (Å²) in [5.74, 6) is 0. The first-order valence-corrected chi connectivity index (χ1v) is 5.62. The lowest BCUT2D eigenvalue weighted by Gasteiger charge is -2.03. The highest BCUT2D eigenvalue weighted by Gasteiger charge is 2.05. The lowest BCUT2D eigenvalue weighted by atomic mass is 10.1. The average Bonchev–Trinajstić information content (AvgIpc) is 2.18. The maximum Gasteiger partial charge on any atom is 0.251 e. The van der Waals surface area contributed by atoms with Gasteiger partial charge in [0.05, 0.1) is 0 Å². The summed E-state index contributed by atoms with van der Waals surface area (Å²) >= 11 is 0. The molecule has 1 atom stereocenters. The molecular formula is C10H13O3P. The van der Waals surface area contributed by atoms with Gasteiger partial charge in [0.15, 0.2) is 5.50 Å². The Hall–Kier alpha value is -1.05. The molecule has 0 bridgehead atoms. The van der Waals surface area contributed by atoms with E-state index in [0.29, 0.717) is 12.0 Å². The lowest BCUT2D eigenvalue weighted by molar-refractivity contribution is 0.410. The Morgan fingerprint density at radius 1 is 1.36 bits per heavy atom. The van der Waals surface area contributed by atoms with Crippen LogP contribution in [0.2, 0.25) is 0 Å². The molecule has 4 heteroatoms. The smallest absolute Gasteiger partial charge is 0.251 e. The van der Waals surface area contributed by atoms with Crippen molar-refractivity contribution in [1.29, 1.82) is 0 Å². The van der Waals surface area contributed by atoms with Crippen LogP contribution in [0.25, 0.3) is 0 Å². The molecule has 76 valence electrons. The first kappa shape index (κ1) is 11.0. The monoisotopic (exact) mass is 212 g/mol. The largest absolute Gasteiger partial charge is 0.503 e. The summed E-state index contributed by atoms with van der Waals surface area (Å²) in [6, 6.07) is 9.50. The Balaban J connectivity index is 2.80. The van der Waals surface area contributed by atoms with Crippen LogP contribution in [0.1, 0.15) is 12.5 Å². The van der Waals surface area contributed by atoms with Gasteiger partial charge < -0.3 is 10.00 Å². The van der Waals surface area contributed by atoms with Crippen LogP contribution in [0.5, 0.6) is 0 Å². The first-order chi connectivity index (χ1) is 6.61. The summed E-state index contributed by atoms with van der Waals surface area (Å²) in [5.41, 5.74) is 1.18. The minimum Gasteiger partial charge on any atom is -0.503 e. The van der Waals surface area contributed by atoms with E-state index in [9.17, 15) is 9.67 Å². The molecule has 2 N–H and O–H groups in total. The topological polar surface area (TPSA) is 57.5 Å². The zero-order valence-corrected chi connectivity index (χ0v) is 8.90. The zero-order chi connectivity index (χ0) is 10.6. The predicted molar refractivity (Wildman–Crippen MR) is 56.7 cm³/mol. The first-order valence-electron chi connectivity index (χ1n) is 4.27. The van der Waals surface area contributed by atoms with Crippen LogP contribution in [0.15, 0.2) is 41.4 Å². The fourth-order valence-corrected chi connectivity index (χ4v) is 1.62.